The van der Waals surface area contributed by atoms with Gasteiger partial charge in [0.2, 0.25) is 5.91 Å². The van der Waals surface area contributed by atoms with Crippen LogP contribution in [0.15, 0.2) is 42.5 Å². The summed E-state index contributed by atoms with van der Waals surface area (Å²) in [5.41, 5.74) is 1.09. The number of hydrogen-bond acceptors (Lipinski definition) is 3. The smallest absolute Gasteiger partial charge is 0.387 e. The molecule has 0 atom stereocenters. The van der Waals surface area contributed by atoms with E-state index in [-0.39, 0.29) is 24.3 Å². The number of aliphatic hydroxyl groups excluding tert-OH is 1. The molecule has 0 radical (unpaired) electrons. The van der Waals surface area contributed by atoms with Gasteiger partial charge in [0.15, 0.2) is 0 Å². The first-order valence-corrected chi connectivity index (χ1v) is 7.17. The summed E-state index contributed by atoms with van der Waals surface area (Å²) in [6.45, 7) is -3.28. The minimum absolute atomic E-state index is 0.0491. The van der Waals surface area contributed by atoms with Gasteiger partial charge < -0.3 is 15.2 Å². The van der Waals surface area contributed by atoms with Crippen molar-refractivity contribution in [3.8, 4) is 5.75 Å². The molecular weight excluding hydrogens is 323 g/mol. The number of nitrogens with one attached hydrogen (secondary N) is 1. The van der Waals surface area contributed by atoms with Gasteiger partial charge >= 0.3 is 6.61 Å². The van der Waals surface area contributed by atoms with Crippen molar-refractivity contribution in [2.24, 2.45) is 0 Å². The Morgan fingerprint density at radius 3 is 2.62 bits per heavy atom. The van der Waals surface area contributed by atoms with E-state index in [9.17, 15) is 18.0 Å². The Balaban J connectivity index is 1.97. The normalized spacial score (nSPS) is 10.7. The van der Waals surface area contributed by atoms with Crippen LogP contribution in [0.5, 0.6) is 5.75 Å². The molecule has 0 saturated heterocycles. The maximum absolute atomic E-state index is 13.3. The highest BCUT2D eigenvalue weighted by Gasteiger charge is 2.12. The van der Waals surface area contributed by atoms with Crippen LogP contribution in [-0.4, -0.2) is 17.6 Å². The number of carbonyl (C=O) groups excluding carboxylic acids is 1. The molecule has 1 amide bonds. The van der Waals surface area contributed by atoms with Crippen molar-refractivity contribution in [3.63, 3.8) is 0 Å². The largest absolute Gasteiger partial charge is 0.435 e. The fourth-order valence-electron chi connectivity index (χ4n) is 2.16. The van der Waals surface area contributed by atoms with Gasteiger partial charge in [0.1, 0.15) is 11.6 Å². The van der Waals surface area contributed by atoms with Crippen LogP contribution in [0.1, 0.15) is 16.7 Å². The molecule has 7 heteroatoms. The second-order valence-corrected chi connectivity index (χ2v) is 5.02. The number of alkyl halides is 2. The Kier molecular flexibility index (Phi) is 6.20. The van der Waals surface area contributed by atoms with Crippen molar-refractivity contribution in [2.45, 2.75) is 26.2 Å². The number of rotatable bonds is 7. The molecule has 0 unspecified atom stereocenters. The van der Waals surface area contributed by atoms with Crippen LogP contribution >= 0.6 is 0 Å². The Labute approximate surface area is 136 Å². The number of para-hydroxylation sites is 1. The number of amides is 1. The zero-order valence-electron chi connectivity index (χ0n) is 12.6. The number of benzene rings is 2. The molecule has 0 aliphatic carbocycles. The summed E-state index contributed by atoms with van der Waals surface area (Å²) in [5, 5.41) is 11.6. The third-order valence-electron chi connectivity index (χ3n) is 3.31. The molecular formula is C17H16F3NO3. The molecule has 0 fully saturated rings. The highest BCUT2D eigenvalue weighted by atomic mass is 19.3. The minimum atomic E-state index is -2.97. The quantitative estimate of drug-likeness (QED) is 0.816. The fourth-order valence-corrected chi connectivity index (χ4v) is 2.16. The van der Waals surface area contributed by atoms with E-state index < -0.39 is 24.9 Å². The lowest BCUT2D eigenvalue weighted by atomic mass is 10.1. The summed E-state index contributed by atoms with van der Waals surface area (Å²) in [6, 6.07) is 10.2. The van der Waals surface area contributed by atoms with Gasteiger partial charge in [-0.25, -0.2) is 4.39 Å². The van der Waals surface area contributed by atoms with Crippen LogP contribution in [0.4, 0.5) is 13.2 Å². The van der Waals surface area contributed by atoms with E-state index in [1.807, 2.05) is 0 Å². The highest BCUT2D eigenvalue weighted by Crippen LogP contribution is 2.20. The van der Waals surface area contributed by atoms with Gasteiger partial charge in [0, 0.05) is 17.7 Å². The lowest BCUT2D eigenvalue weighted by molar-refractivity contribution is -0.120. The standard InChI is InChI=1S/C17H16F3NO3/c18-14-6-5-11(7-13(14)10-22)9-21-16(23)8-12-3-1-2-4-15(12)24-17(19)20/h1-7,17,22H,8-10H2,(H,21,23). The first-order chi connectivity index (χ1) is 11.5. The first-order valence-electron chi connectivity index (χ1n) is 7.17. The Morgan fingerprint density at radius 1 is 1.17 bits per heavy atom. The van der Waals surface area contributed by atoms with E-state index in [0.717, 1.165) is 0 Å². The molecule has 4 nitrogen and oxygen atoms in total. The Hall–Kier alpha value is -2.54. The number of ether oxygens (including phenoxy) is 1. The monoisotopic (exact) mass is 339 g/mol. The van der Waals surface area contributed by atoms with Gasteiger partial charge in [0.25, 0.3) is 0 Å². The zero-order chi connectivity index (χ0) is 17.5. The van der Waals surface area contributed by atoms with Gasteiger partial charge in [-0.15, -0.1) is 0 Å². The van der Waals surface area contributed by atoms with Gasteiger partial charge in [-0.05, 0) is 23.8 Å². The molecule has 24 heavy (non-hydrogen) atoms. The number of carbonyl (C=O) groups is 1. The first kappa shape index (κ1) is 17.8. The van der Waals surface area contributed by atoms with Crippen molar-refractivity contribution >= 4 is 5.91 Å². The maximum atomic E-state index is 13.3. The predicted octanol–water partition coefficient (Wildman–Crippen LogP) is 2.78. The SMILES string of the molecule is O=C(Cc1ccccc1OC(F)F)NCc1ccc(F)c(CO)c1. The summed E-state index contributed by atoms with van der Waals surface area (Å²) in [5.74, 6) is -0.965. The molecule has 0 bridgehead atoms. The molecule has 128 valence electrons. The molecule has 2 aromatic rings. The van der Waals surface area contributed by atoms with Crippen molar-refractivity contribution in [1.82, 2.24) is 5.32 Å². The van der Waals surface area contributed by atoms with Crippen LogP contribution in [0.2, 0.25) is 0 Å². The van der Waals surface area contributed by atoms with Gasteiger partial charge in [-0.3, -0.25) is 4.79 Å². The van der Waals surface area contributed by atoms with E-state index in [0.29, 0.717) is 11.1 Å². The summed E-state index contributed by atoms with van der Waals surface area (Å²) in [7, 11) is 0. The third kappa shape index (κ3) is 4.99. The number of halogens is 3. The van der Waals surface area contributed by atoms with E-state index in [1.165, 1.54) is 36.4 Å². The molecule has 0 aliphatic rings. The van der Waals surface area contributed by atoms with E-state index >= 15 is 0 Å². The minimum Gasteiger partial charge on any atom is -0.435 e. The van der Waals surface area contributed by atoms with Crippen LogP contribution in [0.25, 0.3) is 0 Å². The van der Waals surface area contributed by atoms with E-state index in [4.69, 9.17) is 5.11 Å². The zero-order valence-corrected chi connectivity index (χ0v) is 12.6. The van der Waals surface area contributed by atoms with Crippen molar-refractivity contribution in [3.05, 3.63) is 65.0 Å². The van der Waals surface area contributed by atoms with Gasteiger partial charge in [0.05, 0.1) is 13.0 Å². The summed E-state index contributed by atoms with van der Waals surface area (Å²) in [6.07, 6.45) is -0.128. The topological polar surface area (TPSA) is 58.6 Å². The van der Waals surface area contributed by atoms with E-state index in [1.54, 1.807) is 6.07 Å². The molecule has 0 aliphatic heterocycles. The Morgan fingerprint density at radius 2 is 1.92 bits per heavy atom. The van der Waals surface area contributed by atoms with Crippen LogP contribution in [-0.2, 0) is 24.4 Å². The lowest BCUT2D eigenvalue weighted by Crippen LogP contribution is -2.25. The molecule has 0 heterocycles. The second kappa shape index (κ2) is 8.35. The molecule has 0 spiro atoms. The fraction of sp³-hybridized carbons (Fsp3) is 0.235. The molecule has 2 N–H and O–H groups in total. The van der Waals surface area contributed by atoms with Crippen molar-refractivity contribution in [1.29, 1.82) is 0 Å². The summed E-state index contributed by atoms with van der Waals surface area (Å²) in [4.78, 5) is 12.0. The van der Waals surface area contributed by atoms with Gasteiger partial charge in [-0.1, -0.05) is 24.3 Å². The molecule has 0 aromatic heterocycles. The van der Waals surface area contributed by atoms with Gasteiger partial charge in [-0.2, -0.15) is 8.78 Å². The summed E-state index contributed by atoms with van der Waals surface area (Å²) >= 11 is 0. The lowest BCUT2D eigenvalue weighted by Gasteiger charge is -2.11. The summed E-state index contributed by atoms with van der Waals surface area (Å²) < 4.78 is 42.3. The molecule has 0 saturated carbocycles. The molecule has 2 rings (SSSR count). The average molecular weight is 339 g/mol. The van der Waals surface area contributed by atoms with Crippen molar-refractivity contribution < 1.29 is 27.8 Å². The van der Waals surface area contributed by atoms with Crippen LogP contribution in [0, 0.1) is 5.82 Å². The predicted molar refractivity (Wildman–Crippen MR) is 80.9 cm³/mol. The Bertz CT molecular complexity index is 707. The average Bonchev–Trinajstić information content (AvgIpc) is 2.55. The van der Waals surface area contributed by atoms with E-state index in [2.05, 4.69) is 10.1 Å². The highest BCUT2D eigenvalue weighted by molar-refractivity contribution is 5.79. The number of hydrogen-bond donors (Lipinski definition) is 2. The van der Waals surface area contributed by atoms with Crippen molar-refractivity contribution in [2.75, 3.05) is 0 Å². The third-order valence-corrected chi connectivity index (χ3v) is 3.31. The number of aliphatic hydroxyl groups is 1. The maximum Gasteiger partial charge on any atom is 0.387 e. The van der Waals surface area contributed by atoms with Crippen LogP contribution in [0.3, 0.4) is 0 Å². The molecule has 2 aromatic carbocycles. The second-order valence-electron chi connectivity index (χ2n) is 5.02. The van der Waals surface area contributed by atoms with Crippen LogP contribution < -0.4 is 10.1 Å².